The third kappa shape index (κ3) is 4.33. The number of esters is 1. The molecule has 1 heterocycles. The van der Waals surface area contributed by atoms with E-state index in [0.29, 0.717) is 17.0 Å². The summed E-state index contributed by atoms with van der Waals surface area (Å²) < 4.78 is 6.26. The largest absolute Gasteiger partial charge is 0.423 e. The molecule has 3 rings (SSSR count). The van der Waals surface area contributed by atoms with Crippen molar-refractivity contribution in [2.75, 3.05) is 0 Å². The number of nitrogens with zero attached hydrogens (tertiary/aromatic N) is 3. The minimum absolute atomic E-state index is 0.400. The molecular weight excluding hydrogens is 370 g/mol. The van der Waals surface area contributed by atoms with Gasteiger partial charge in [-0.15, -0.1) is 0 Å². The summed E-state index contributed by atoms with van der Waals surface area (Å²) in [6.07, 6.45) is 3.06. The standard InChI is InChI=1S/C18H12BrN3O2/c19-14-3-5-15(6-4-14)21-22-16-7-9-17(10-8-16)24-18(23)13-2-1-11-20-12-13/h1-12H. The Morgan fingerprint density at radius 2 is 1.54 bits per heavy atom. The number of carbonyl (C=O) groups is 1. The van der Waals surface area contributed by atoms with E-state index in [-0.39, 0.29) is 0 Å². The van der Waals surface area contributed by atoms with Crippen molar-refractivity contribution in [2.45, 2.75) is 0 Å². The first-order chi connectivity index (χ1) is 11.7. The molecule has 3 aromatic rings. The van der Waals surface area contributed by atoms with Crippen LogP contribution in [0.1, 0.15) is 10.4 Å². The lowest BCUT2D eigenvalue weighted by Crippen LogP contribution is -2.08. The first kappa shape index (κ1) is 16.0. The van der Waals surface area contributed by atoms with Crippen LogP contribution >= 0.6 is 15.9 Å². The summed E-state index contributed by atoms with van der Waals surface area (Å²) in [5, 5.41) is 8.29. The average molecular weight is 382 g/mol. The number of halogens is 1. The number of benzene rings is 2. The van der Waals surface area contributed by atoms with Crippen LogP contribution in [0.4, 0.5) is 11.4 Å². The van der Waals surface area contributed by atoms with Gasteiger partial charge in [0.05, 0.1) is 16.9 Å². The topological polar surface area (TPSA) is 63.9 Å². The third-order valence-corrected chi connectivity index (χ3v) is 3.58. The monoisotopic (exact) mass is 381 g/mol. The molecule has 2 aromatic carbocycles. The molecule has 0 saturated carbocycles. The molecule has 0 unspecified atom stereocenters. The number of ether oxygens (including phenoxy) is 1. The molecule has 0 aliphatic heterocycles. The van der Waals surface area contributed by atoms with E-state index in [9.17, 15) is 4.79 Å². The number of aromatic nitrogens is 1. The highest BCUT2D eigenvalue weighted by Gasteiger charge is 2.07. The zero-order valence-electron chi connectivity index (χ0n) is 12.5. The Morgan fingerprint density at radius 1 is 0.917 bits per heavy atom. The van der Waals surface area contributed by atoms with Crippen molar-refractivity contribution in [3.05, 3.63) is 83.1 Å². The van der Waals surface area contributed by atoms with Gasteiger partial charge in [-0.2, -0.15) is 10.2 Å². The van der Waals surface area contributed by atoms with E-state index < -0.39 is 5.97 Å². The van der Waals surface area contributed by atoms with Crippen molar-refractivity contribution in [3.63, 3.8) is 0 Å². The fourth-order valence-electron chi connectivity index (χ4n) is 1.85. The van der Waals surface area contributed by atoms with E-state index >= 15 is 0 Å². The summed E-state index contributed by atoms with van der Waals surface area (Å²) in [7, 11) is 0. The summed E-state index contributed by atoms with van der Waals surface area (Å²) in [5.74, 6) is -0.0150. The van der Waals surface area contributed by atoms with Gasteiger partial charge in [0.25, 0.3) is 0 Å². The molecule has 5 nitrogen and oxygen atoms in total. The molecule has 0 aliphatic rings. The molecule has 24 heavy (non-hydrogen) atoms. The van der Waals surface area contributed by atoms with Crippen LogP contribution in [0.25, 0.3) is 0 Å². The van der Waals surface area contributed by atoms with Gasteiger partial charge in [-0.25, -0.2) is 4.79 Å². The molecule has 0 bridgehead atoms. The van der Waals surface area contributed by atoms with Crippen LogP contribution in [0.3, 0.4) is 0 Å². The summed E-state index contributed by atoms with van der Waals surface area (Å²) in [6.45, 7) is 0. The number of pyridine rings is 1. The molecular formula is C18H12BrN3O2. The number of rotatable bonds is 4. The third-order valence-electron chi connectivity index (χ3n) is 3.05. The van der Waals surface area contributed by atoms with Crippen LogP contribution < -0.4 is 4.74 Å². The maximum Gasteiger partial charge on any atom is 0.345 e. The summed E-state index contributed by atoms with van der Waals surface area (Å²) in [6, 6.07) is 17.6. The fraction of sp³-hybridized carbons (Fsp3) is 0. The van der Waals surface area contributed by atoms with E-state index in [2.05, 4.69) is 31.1 Å². The maximum absolute atomic E-state index is 11.9. The number of carbonyl (C=O) groups excluding carboxylic acids is 1. The van der Waals surface area contributed by atoms with E-state index in [4.69, 9.17) is 4.74 Å². The number of azo groups is 1. The summed E-state index contributed by atoms with van der Waals surface area (Å²) >= 11 is 3.37. The Bertz CT molecular complexity index is 848. The van der Waals surface area contributed by atoms with Crippen molar-refractivity contribution < 1.29 is 9.53 Å². The zero-order chi connectivity index (χ0) is 16.8. The van der Waals surface area contributed by atoms with Crippen LogP contribution in [0, 0.1) is 0 Å². The quantitative estimate of drug-likeness (QED) is 0.341. The second-order valence-corrected chi connectivity index (χ2v) is 5.72. The Balaban J connectivity index is 1.65. The van der Waals surface area contributed by atoms with Gasteiger partial charge in [0, 0.05) is 16.9 Å². The first-order valence-corrected chi connectivity index (χ1v) is 7.89. The van der Waals surface area contributed by atoms with E-state index in [1.165, 1.54) is 6.20 Å². The lowest BCUT2D eigenvalue weighted by Gasteiger charge is -2.03. The van der Waals surface area contributed by atoms with Gasteiger partial charge in [0.1, 0.15) is 5.75 Å². The molecule has 0 amide bonds. The van der Waals surface area contributed by atoms with Gasteiger partial charge in [-0.1, -0.05) is 15.9 Å². The molecule has 0 aliphatic carbocycles. The van der Waals surface area contributed by atoms with Crippen molar-refractivity contribution in [3.8, 4) is 5.75 Å². The van der Waals surface area contributed by atoms with Gasteiger partial charge in [0.15, 0.2) is 0 Å². The minimum Gasteiger partial charge on any atom is -0.423 e. The highest BCUT2D eigenvalue weighted by molar-refractivity contribution is 9.10. The lowest BCUT2D eigenvalue weighted by atomic mass is 10.3. The fourth-order valence-corrected chi connectivity index (χ4v) is 2.12. The van der Waals surface area contributed by atoms with Crippen molar-refractivity contribution in [2.24, 2.45) is 10.2 Å². The highest BCUT2D eigenvalue weighted by Crippen LogP contribution is 2.23. The second-order valence-electron chi connectivity index (χ2n) is 4.80. The lowest BCUT2D eigenvalue weighted by molar-refractivity contribution is 0.0734. The number of hydrogen-bond acceptors (Lipinski definition) is 5. The summed E-state index contributed by atoms with van der Waals surface area (Å²) in [4.78, 5) is 15.8. The van der Waals surface area contributed by atoms with Crippen LogP contribution in [0.15, 0.2) is 87.8 Å². The van der Waals surface area contributed by atoms with Crippen LogP contribution in [-0.4, -0.2) is 11.0 Å². The highest BCUT2D eigenvalue weighted by atomic mass is 79.9. The zero-order valence-corrected chi connectivity index (χ0v) is 14.1. The Kier molecular flexibility index (Phi) is 5.08. The van der Waals surface area contributed by atoms with E-state index in [0.717, 1.165) is 10.2 Å². The van der Waals surface area contributed by atoms with E-state index in [1.807, 2.05) is 24.3 Å². The average Bonchev–Trinajstić information content (AvgIpc) is 2.63. The minimum atomic E-state index is -0.452. The number of hydrogen-bond donors (Lipinski definition) is 0. The van der Waals surface area contributed by atoms with Crippen molar-refractivity contribution in [1.29, 1.82) is 0 Å². The molecule has 6 heteroatoms. The molecule has 0 atom stereocenters. The Hall–Kier alpha value is -2.86. The Morgan fingerprint density at radius 3 is 2.12 bits per heavy atom. The van der Waals surface area contributed by atoms with Gasteiger partial charge in [0.2, 0.25) is 0 Å². The van der Waals surface area contributed by atoms with Crippen LogP contribution in [0.5, 0.6) is 5.75 Å². The van der Waals surface area contributed by atoms with Crippen LogP contribution in [0.2, 0.25) is 0 Å². The molecule has 118 valence electrons. The smallest absolute Gasteiger partial charge is 0.345 e. The van der Waals surface area contributed by atoms with Crippen molar-refractivity contribution >= 4 is 33.3 Å². The molecule has 0 saturated heterocycles. The van der Waals surface area contributed by atoms with Gasteiger partial charge in [-0.3, -0.25) is 4.98 Å². The normalized spacial score (nSPS) is 10.7. The van der Waals surface area contributed by atoms with Gasteiger partial charge in [-0.05, 0) is 60.7 Å². The first-order valence-electron chi connectivity index (χ1n) is 7.10. The van der Waals surface area contributed by atoms with Gasteiger partial charge >= 0.3 is 5.97 Å². The molecule has 1 aromatic heterocycles. The molecule has 0 spiro atoms. The summed E-state index contributed by atoms with van der Waals surface area (Å²) in [5.41, 5.74) is 1.82. The second kappa shape index (κ2) is 7.61. The van der Waals surface area contributed by atoms with Crippen LogP contribution in [-0.2, 0) is 0 Å². The Labute approximate surface area is 147 Å². The maximum atomic E-state index is 11.9. The predicted molar refractivity (Wildman–Crippen MR) is 94.0 cm³/mol. The predicted octanol–water partition coefficient (Wildman–Crippen LogP) is 5.48. The molecule has 0 radical (unpaired) electrons. The molecule has 0 N–H and O–H groups in total. The SMILES string of the molecule is O=C(Oc1ccc(N=Nc2ccc(Br)cc2)cc1)c1cccnc1. The van der Waals surface area contributed by atoms with E-state index in [1.54, 1.807) is 42.6 Å². The molecule has 0 fully saturated rings. The van der Waals surface area contributed by atoms with Gasteiger partial charge < -0.3 is 4.74 Å². The van der Waals surface area contributed by atoms with Crippen molar-refractivity contribution in [1.82, 2.24) is 4.98 Å².